The van der Waals surface area contributed by atoms with E-state index in [9.17, 15) is 0 Å². The first-order valence-corrected chi connectivity index (χ1v) is 8.11. The van der Waals surface area contributed by atoms with Crippen LogP contribution in [0.3, 0.4) is 0 Å². The number of anilines is 2. The second-order valence-corrected chi connectivity index (χ2v) is 6.01. The predicted octanol–water partition coefficient (Wildman–Crippen LogP) is 1.37. The van der Waals surface area contributed by atoms with Crippen molar-refractivity contribution in [2.45, 2.75) is 13.5 Å². The van der Waals surface area contributed by atoms with Gasteiger partial charge in [0.15, 0.2) is 5.13 Å². The third-order valence-corrected chi connectivity index (χ3v) is 4.53. The third kappa shape index (κ3) is 3.48. The molecule has 1 fully saturated rings. The van der Waals surface area contributed by atoms with Gasteiger partial charge in [-0.05, 0) is 12.6 Å². The van der Waals surface area contributed by atoms with Crippen molar-refractivity contribution in [1.82, 2.24) is 20.3 Å². The maximum Gasteiger partial charge on any atom is 0.225 e. The summed E-state index contributed by atoms with van der Waals surface area (Å²) in [6.07, 6.45) is 5.57. The monoisotopic (exact) mass is 304 g/mol. The molecule has 3 rings (SSSR count). The lowest BCUT2D eigenvalue weighted by Crippen LogP contribution is -2.47. The van der Waals surface area contributed by atoms with Crippen LogP contribution < -0.4 is 15.1 Å². The maximum atomic E-state index is 4.55. The van der Waals surface area contributed by atoms with Gasteiger partial charge in [-0.1, -0.05) is 6.92 Å². The van der Waals surface area contributed by atoms with E-state index in [1.807, 2.05) is 12.3 Å². The molecule has 7 heteroatoms. The van der Waals surface area contributed by atoms with Crippen LogP contribution in [-0.2, 0) is 6.54 Å². The van der Waals surface area contributed by atoms with Crippen molar-refractivity contribution >= 4 is 22.4 Å². The molecule has 0 radical (unpaired) electrons. The molecule has 21 heavy (non-hydrogen) atoms. The predicted molar refractivity (Wildman–Crippen MR) is 86.0 cm³/mol. The van der Waals surface area contributed by atoms with Crippen molar-refractivity contribution in [3.05, 3.63) is 29.5 Å². The average Bonchev–Trinajstić information content (AvgIpc) is 3.03. The second-order valence-electron chi connectivity index (χ2n) is 4.91. The molecular weight excluding hydrogens is 284 g/mol. The molecule has 0 atom stereocenters. The minimum absolute atomic E-state index is 0.823. The van der Waals surface area contributed by atoms with E-state index in [1.165, 1.54) is 4.88 Å². The Morgan fingerprint density at radius 1 is 1.10 bits per heavy atom. The molecule has 2 aromatic rings. The van der Waals surface area contributed by atoms with Gasteiger partial charge in [0.1, 0.15) is 0 Å². The maximum absolute atomic E-state index is 4.55. The second kappa shape index (κ2) is 6.82. The lowest BCUT2D eigenvalue weighted by Gasteiger charge is -2.34. The summed E-state index contributed by atoms with van der Waals surface area (Å²) in [6.45, 7) is 7.82. The van der Waals surface area contributed by atoms with Gasteiger partial charge in [0.2, 0.25) is 5.95 Å². The van der Waals surface area contributed by atoms with Crippen LogP contribution in [0.5, 0.6) is 0 Å². The summed E-state index contributed by atoms with van der Waals surface area (Å²) >= 11 is 1.78. The number of piperazine rings is 1. The van der Waals surface area contributed by atoms with Crippen molar-refractivity contribution in [3.63, 3.8) is 0 Å². The summed E-state index contributed by atoms with van der Waals surface area (Å²) < 4.78 is 0. The number of hydrogen-bond acceptors (Lipinski definition) is 7. The van der Waals surface area contributed by atoms with Crippen LogP contribution in [-0.4, -0.2) is 47.7 Å². The highest BCUT2D eigenvalue weighted by Gasteiger charge is 2.20. The van der Waals surface area contributed by atoms with Crippen LogP contribution >= 0.6 is 11.3 Å². The van der Waals surface area contributed by atoms with Gasteiger partial charge in [-0.2, -0.15) is 0 Å². The Kier molecular flexibility index (Phi) is 4.62. The molecule has 0 unspecified atom stereocenters. The zero-order valence-electron chi connectivity index (χ0n) is 12.2. The summed E-state index contributed by atoms with van der Waals surface area (Å²) in [5.41, 5.74) is 0. The normalized spacial score (nSPS) is 15.5. The third-order valence-electron chi connectivity index (χ3n) is 3.48. The van der Waals surface area contributed by atoms with E-state index in [0.717, 1.165) is 50.3 Å². The van der Waals surface area contributed by atoms with Gasteiger partial charge in [0.25, 0.3) is 0 Å². The molecule has 3 heterocycles. The Morgan fingerprint density at radius 3 is 2.52 bits per heavy atom. The fourth-order valence-corrected chi connectivity index (χ4v) is 3.26. The lowest BCUT2D eigenvalue weighted by atomic mass is 10.3. The highest BCUT2D eigenvalue weighted by atomic mass is 32.1. The van der Waals surface area contributed by atoms with Crippen molar-refractivity contribution < 1.29 is 0 Å². The van der Waals surface area contributed by atoms with Gasteiger partial charge in [0, 0.05) is 56.2 Å². The van der Waals surface area contributed by atoms with Crippen LogP contribution in [0.25, 0.3) is 0 Å². The highest BCUT2D eigenvalue weighted by molar-refractivity contribution is 7.15. The zero-order chi connectivity index (χ0) is 14.5. The molecule has 1 aliphatic rings. The van der Waals surface area contributed by atoms with Gasteiger partial charge in [0.05, 0.1) is 0 Å². The molecule has 0 aliphatic carbocycles. The molecule has 0 spiro atoms. The first-order valence-electron chi connectivity index (χ1n) is 7.29. The van der Waals surface area contributed by atoms with E-state index in [4.69, 9.17) is 0 Å². The van der Waals surface area contributed by atoms with Gasteiger partial charge >= 0.3 is 0 Å². The molecule has 1 aliphatic heterocycles. The minimum atomic E-state index is 0.823. The van der Waals surface area contributed by atoms with E-state index in [-0.39, 0.29) is 0 Å². The molecule has 6 nitrogen and oxygen atoms in total. The molecule has 0 bridgehead atoms. The summed E-state index contributed by atoms with van der Waals surface area (Å²) in [5, 5.41) is 4.46. The van der Waals surface area contributed by atoms with Crippen LogP contribution in [0.15, 0.2) is 24.7 Å². The molecule has 1 N–H and O–H groups in total. The Labute approximate surface area is 128 Å². The van der Waals surface area contributed by atoms with Crippen LogP contribution in [0.1, 0.15) is 11.8 Å². The average molecular weight is 304 g/mol. The van der Waals surface area contributed by atoms with Gasteiger partial charge < -0.3 is 15.1 Å². The summed E-state index contributed by atoms with van der Waals surface area (Å²) in [5.74, 6) is 0.823. The summed E-state index contributed by atoms with van der Waals surface area (Å²) in [7, 11) is 0. The van der Waals surface area contributed by atoms with Crippen LogP contribution in [0, 0.1) is 0 Å². The van der Waals surface area contributed by atoms with Crippen molar-refractivity contribution in [1.29, 1.82) is 0 Å². The van der Waals surface area contributed by atoms with Gasteiger partial charge in [-0.3, -0.25) is 0 Å². The number of hydrogen-bond donors (Lipinski definition) is 1. The number of thiazole rings is 1. The van der Waals surface area contributed by atoms with E-state index >= 15 is 0 Å². The molecule has 1 saturated heterocycles. The minimum Gasteiger partial charge on any atom is -0.345 e. The molecular formula is C14H20N6S. The molecule has 0 aromatic carbocycles. The zero-order valence-corrected chi connectivity index (χ0v) is 13.0. The van der Waals surface area contributed by atoms with E-state index in [0.29, 0.717) is 0 Å². The Hall–Kier alpha value is -1.73. The molecule has 112 valence electrons. The number of rotatable bonds is 5. The smallest absolute Gasteiger partial charge is 0.225 e. The highest BCUT2D eigenvalue weighted by Crippen LogP contribution is 2.24. The summed E-state index contributed by atoms with van der Waals surface area (Å²) in [4.78, 5) is 19.0. The van der Waals surface area contributed by atoms with E-state index < -0.39 is 0 Å². The topological polar surface area (TPSA) is 57.2 Å². The summed E-state index contributed by atoms with van der Waals surface area (Å²) in [6, 6.07) is 1.85. The first-order chi connectivity index (χ1) is 10.4. The molecule has 2 aromatic heterocycles. The fraction of sp³-hybridized carbons (Fsp3) is 0.500. The van der Waals surface area contributed by atoms with Crippen molar-refractivity contribution in [3.8, 4) is 0 Å². The molecule has 0 saturated carbocycles. The van der Waals surface area contributed by atoms with Crippen molar-refractivity contribution in [2.75, 3.05) is 42.5 Å². The molecule has 0 amide bonds. The SMILES string of the molecule is CCNCc1cnc(N2CCN(c3ncccn3)CC2)s1. The van der Waals surface area contributed by atoms with Crippen LogP contribution in [0.4, 0.5) is 11.1 Å². The van der Waals surface area contributed by atoms with Gasteiger partial charge in [-0.25, -0.2) is 15.0 Å². The number of aromatic nitrogens is 3. The number of nitrogens with zero attached hydrogens (tertiary/aromatic N) is 5. The van der Waals surface area contributed by atoms with Gasteiger partial charge in [-0.15, -0.1) is 11.3 Å². The van der Waals surface area contributed by atoms with Crippen molar-refractivity contribution in [2.24, 2.45) is 0 Å². The Morgan fingerprint density at radius 2 is 1.81 bits per heavy atom. The Bertz CT molecular complexity index is 550. The van der Waals surface area contributed by atoms with E-state index in [1.54, 1.807) is 23.7 Å². The van der Waals surface area contributed by atoms with E-state index in [2.05, 4.69) is 37.0 Å². The number of nitrogens with one attached hydrogen (secondary N) is 1. The van der Waals surface area contributed by atoms with Crippen LogP contribution in [0.2, 0.25) is 0 Å². The fourth-order valence-electron chi connectivity index (χ4n) is 2.33. The lowest BCUT2D eigenvalue weighted by molar-refractivity contribution is 0.638. The quantitative estimate of drug-likeness (QED) is 0.900. The Balaban J connectivity index is 1.57. The standard InChI is InChI=1S/C14H20N6S/c1-2-15-10-12-11-18-14(21-12)20-8-6-19(7-9-20)13-16-4-3-5-17-13/h3-5,11,15H,2,6-10H2,1H3. The first kappa shape index (κ1) is 14.2. The largest absolute Gasteiger partial charge is 0.345 e.